The highest BCUT2D eigenvalue weighted by molar-refractivity contribution is 6.04. The molecule has 4 heterocycles. The van der Waals surface area contributed by atoms with Gasteiger partial charge >= 0.3 is 0 Å². The molecule has 0 radical (unpaired) electrons. The van der Waals surface area contributed by atoms with Crippen LogP contribution in [0.5, 0.6) is 11.5 Å². The molecule has 0 unspecified atom stereocenters. The van der Waals surface area contributed by atoms with Crippen molar-refractivity contribution in [1.29, 1.82) is 0 Å². The number of benzene rings is 2. The van der Waals surface area contributed by atoms with Gasteiger partial charge in [-0.3, -0.25) is 9.36 Å². The highest BCUT2D eigenvalue weighted by Crippen LogP contribution is 2.29. The number of methoxy groups -OCH3 is 2. The average Bonchev–Trinajstić information content (AvgIpc) is 3.54. The van der Waals surface area contributed by atoms with Crippen LogP contribution < -0.4 is 15.0 Å². The molecule has 6 rings (SSSR count). The molecule has 0 bridgehead atoms. The molecule has 1 fully saturated rings. The SMILES string of the molecule is COc1ccc(CCn2c3nc4ccccc4nc3c3c(=O)n(C[C@@H]4CCCO4)c(C)nc32)cc1OC. The molecule has 1 aliphatic heterocycles. The molecule has 9 heteroatoms. The van der Waals surface area contributed by atoms with Gasteiger partial charge in [-0.1, -0.05) is 18.2 Å². The van der Waals surface area contributed by atoms with E-state index in [-0.39, 0.29) is 11.7 Å². The van der Waals surface area contributed by atoms with E-state index in [1.165, 1.54) is 0 Å². The van der Waals surface area contributed by atoms with Crippen LogP contribution in [0.15, 0.2) is 47.3 Å². The van der Waals surface area contributed by atoms with Crippen molar-refractivity contribution in [3.63, 3.8) is 0 Å². The molecule has 9 nitrogen and oxygen atoms in total. The molecule has 1 atom stereocenters. The summed E-state index contributed by atoms with van der Waals surface area (Å²) in [6.07, 6.45) is 2.68. The zero-order chi connectivity index (χ0) is 25.5. The Morgan fingerprint density at radius 1 is 0.973 bits per heavy atom. The van der Waals surface area contributed by atoms with Gasteiger partial charge in [0.25, 0.3) is 5.56 Å². The van der Waals surface area contributed by atoms with E-state index in [9.17, 15) is 4.79 Å². The highest BCUT2D eigenvalue weighted by Gasteiger charge is 2.24. The van der Waals surface area contributed by atoms with Crippen molar-refractivity contribution in [3.8, 4) is 11.5 Å². The Morgan fingerprint density at radius 2 is 1.76 bits per heavy atom. The third-order valence-corrected chi connectivity index (χ3v) is 7.12. The van der Waals surface area contributed by atoms with E-state index in [0.717, 1.165) is 36.0 Å². The molecule has 1 saturated heterocycles. The van der Waals surface area contributed by atoms with Gasteiger partial charge in [-0.2, -0.15) is 0 Å². The molecule has 3 aromatic heterocycles. The van der Waals surface area contributed by atoms with Gasteiger partial charge in [-0.25, -0.2) is 15.0 Å². The predicted octanol–water partition coefficient (Wildman–Crippen LogP) is 4.04. The van der Waals surface area contributed by atoms with Crippen LogP contribution in [0.2, 0.25) is 0 Å². The number of hydrogen-bond donors (Lipinski definition) is 0. The molecule has 0 amide bonds. The van der Waals surface area contributed by atoms with Crippen LogP contribution in [0.4, 0.5) is 0 Å². The smallest absolute Gasteiger partial charge is 0.265 e. The molecule has 0 spiro atoms. The Kier molecular flexibility index (Phi) is 6.00. The first kappa shape index (κ1) is 23.4. The lowest BCUT2D eigenvalue weighted by Crippen LogP contribution is -2.29. The van der Waals surface area contributed by atoms with Gasteiger partial charge in [-0.15, -0.1) is 0 Å². The van der Waals surface area contributed by atoms with E-state index in [1.807, 2.05) is 54.0 Å². The van der Waals surface area contributed by atoms with Crippen molar-refractivity contribution in [2.75, 3.05) is 20.8 Å². The Labute approximate surface area is 213 Å². The molecule has 2 aromatic carbocycles. The summed E-state index contributed by atoms with van der Waals surface area (Å²) >= 11 is 0. The van der Waals surface area contributed by atoms with Gasteiger partial charge in [0, 0.05) is 13.2 Å². The number of para-hydroxylation sites is 2. The van der Waals surface area contributed by atoms with Crippen LogP contribution in [0.1, 0.15) is 24.2 Å². The second-order valence-electron chi connectivity index (χ2n) is 9.38. The van der Waals surface area contributed by atoms with Crippen molar-refractivity contribution >= 4 is 33.2 Å². The van der Waals surface area contributed by atoms with Crippen LogP contribution in [-0.4, -0.2) is 51.0 Å². The summed E-state index contributed by atoms with van der Waals surface area (Å²) in [5, 5.41) is 0.504. The average molecular weight is 500 g/mol. The third kappa shape index (κ3) is 4.09. The molecular weight excluding hydrogens is 470 g/mol. The first-order valence-corrected chi connectivity index (χ1v) is 12.6. The minimum atomic E-state index is -0.0996. The molecule has 5 aromatic rings. The lowest BCUT2D eigenvalue weighted by atomic mass is 10.1. The van der Waals surface area contributed by atoms with Gasteiger partial charge in [0.05, 0.1) is 37.9 Å². The molecule has 190 valence electrons. The van der Waals surface area contributed by atoms with E-state index in [2.05, 4.69) is 0 Å². The van der Waals surface area contributed by atoms with Crippen molar-refractivity contribution in [2.45, 2.75) is 45.4 Å². The lowest BCUT2D eigenvalue weighted by molar-refractivity contribution is 0.0955. The Morgan fingerprint density at radius 3 is 2.49 bits per heavy atom. The zero-order valence-corrected chi connectivity index (χ0v) is 21.2. The standard InChI is InChI=1S/C28H29N5O4/c1-17-29-26-24(28(34)33(17)16-19-7-6-14-37-19)25-27(31-21-9-5-4-8-20(21)30-25)32(26)13-12-18-10-11-22(35-2)23(15-18)36-3/h4-5,8-11,15,19H,6-7,12-14,16H2,1-3H3/t19-/m0/s1. The second-order valence-corrected chi connectivity index (χ2v) is 9.38. The summed E-state index contributed by atoms with van der Waals surface area (Å²) in [6, 6.07) is 13.6. The van der Waals surface area contributed by atoms with E-state index in [4.69, 9.17) is 29.2 Å². The monoisotopic (exact) mass is 499 g/mol. The molecule has 0 aliphatic carbocycles. The first-order chi connectivity index (χ1) is 18.1. The number of fused-ring (bicyclic) bond motifs is 4. The van der Waals surface area contributed by atoms with Crippen molar-refractivity contribution in [3.05, 3.63) is 64.2 Å². The molecule has 1 aliphatic rings. The van der Waals surface area contributed by atoms with Gasteiger partial charge in [0.15, 0.2) is 22.8 Å². The lowest BCUT2D eigenvalue weighted by Gasteiger charge is -2.14. The van der Waals surface area contributed by atoms with E-state index in [0.29, 0.717) is 59.0 Å². The second kappa shape index (κ2) is 9.48. The maximum Gasteiger partial charge on any atom is 0.265 e. The van der Waals surface area contributed by atoms with Gasteiger partial charge < -0.3 is 18.8 Å². The molecular formula is C28H29N5O4. The quantitative estimate of drug-likeness (QED) is 0.334. The van der Waals surface area contributed by atoms with Crippen LogP contribution in [0.3, 0.4) is 0 Å². The fourth-order valence-corrected chi connectivity index (χ4v) is 5.19. The van der Waals surface area contributed by atoms with Crippen LogP contribution in [0, 0.1) is 6.92 Å². The summed E-state index contributed by atoms with van der Waals surface area (Å²) in [5.74, 6) is 2.02. The maximum atomic E-state index is 13.9. The maximum absolute atomic E-state index is 13.9. The normalized spacial score (nSPS) is 15.7. The third-order valence-electron chi connectivity index (χ3n) is 7.12. The summed E-state index contributed by atoms with van der Waals surface area (Å²) in [5.41, 5.74) is 4.35. The summed E-state index contributed by atoms with van der Waals surface area (Å²) in [4.78, 5) is 28.6. The Bertz CT molecular complexity index is 1680. The van der Waals surface area contributed by atoms with E-state index in [1.54, 1.807) is 18.8 Å². The van der Waals surface area contributed by atoms with Gasteiger partial charge in [-0.05, 0) is 56.0 Å². The molecule has 37 heavy (non-hydrogen) atoms. The van der Waals surface area contributed by atoms with Crippen LogP contribution >= 0.6 is 0 Å². The minimum absolute atomic E-state index is 0.0287. The summed E-state index contributed by atoms with van der Waals surface area (Å²) < 4.78 is 20.4. The number of aryl methyl sites for hydroxylation is 3. The van der Waals surface area contributed by atoms with Crippen LogP contribution in [0.25, 0.3) is 33.2 Å². The first-order valence-electron chi connectivity index (χ1n) is 12.6. The summed E-state index contributed by atoms with van der Waals surface area (Å²) in [6.45, 7) is 3.68. The predicted molar refractivity (Wildman–Crippen MR) is 142 cm³/mol. The fraction of sp³-hybridized carbons (Fsp3) is 0.357. The van der Waals surface area contributed by atoms with Crippen molar-refractivity contribution in [2.24, 2.45) is 0 Å². The van der Waals surface area contributed by atoms with Gasteiger partial charge in [0.2, 0.25) is 0 Å². The largest absolute Gasteiger partial charge is 0.493 e. The number of hydrogen-bond acceptors (Lipinski definition) is 7. The van der Waals surface area contributed by atoms with E-state index < -0.39 is 0 Å². The van der Waals surface area contributed by atoms with Crippen molar-refractivity contribution < 1.29 is 14.2 Å². The topological polar surface area (TPSA) is 93.3 Å². The molecule has 0 saturated carbocycles. The minimum Gasteiger partial charge on any atom is -0.493 e. The molecule has 0 N–H and O–H groups in total. The van der Waals surface area contributed by atoms with E-state index >= 15 is 0 Å². The Hall–Kier alpha value is -3.98. The van der Waals surface area contributed by atoms with Crippen molar-refractivity contribution in [1.82, 2.24) is 24.1 Å². The number of aromatic nitrogens is 5. The number of rotatable bonds is 7. The summed E-state index contributed by atoms with van der Waals surface area (Å²) in [7, 11) is 3.25. The number of nitrogens with zero attached hydrogens (tertiary/aromatic N) is 5. The van der Waals surface area contributed by atoms with Gasteiger partial charge in [0.1, 0.15) is 16.7 Å². The fourth-order valence-electron chi connectivity index (χ4n) is 5.19. The zero-order valence-electron chi connectivity index (χ0n) is 21.2. The number of ether oxygens (including phenoxy) is 3. The highest BCUT2D eigenvalue weighted by atomic mass is 16.5. The van der Waals surface area contributed by atoms with Crippen LogP contribution in [-0.2, 0) is 24.2 Å². The Balaban J connectivity index is 1.51.